The van der Waals surface area contributed by atoms with E-state index < -0.39 is 5.97 Å². The third-order valence-corrected chi connectivity index (χ3v) is 5.06. The van der Waals surface area contributed by atoms with Crippen molar-refractivity contribution in [2.45, 2.75) is 20.8 Å². The maximum atomic E-state index is 12.7. The summed E-state index contributed by atoms with van der Waals surface area (Å²) in [4.78, 5) is 24.3. The molecule has 2 N–H and O–H groups in total. The first-order valence-corrected chi connectivity index (χ1v) is 9.08. The number of aromatic amines is 2. The predicted octanol–water partition coefficient (Wildman–Crippen LogP) is 5.14. The number of fused-ring (bicyclic) bond motifs is 7. The van der Waals surface area contributed by atoms with Crippen LogP contribution in [0.15, 0.2) is 36.4 Å². The molecule has 0 amide bonds. The first kappa shape index (κ1) is 15.9. The van der Waals surface area contributed by atoms with Crippen molar-refractivity contribution in [1.82, 2.24) is 15.0 Å². The zero-order valence-corrected chi connectivity index (χ0v) is 15.4. The molecule has 0 spiro atoms. The van der Waals surface area contributed by atoms with Gasteiger partial charge in [0.2, 0.25) is 0 Å². The normalized spacial score (nSPS) is 11.8. The van der Waals surface area contributed by atoms with Crippen LogP contribution in [0, 0.1) is 13.8 Å². The monoisotopic (exact) mass is 357 g/mol. The second-order valence-corrected chi connectivity index (χ2v) is 7.00. The van der Waals surface area contributed by atoms with E-state index in [1.165, 1.54) is 0 Å². The fourth-order valence-electron chi connectivity index (χ4n) is 3.85. The molecule has 5 heteroatoms. The Labute approximate surface area is 155 Å². The molecular weight excluding hydrogens is 338 g/mol. The third kappa shape index (κ3) is 2.24. The minimum absolute atomic E-state index is 0.312. The quantitative estimate of drug-likeness (QED) is 0.430. The Morgan fingerprint density at radius 3 is 2.30 bits per heavy atom. The lowest BCUT2D eigenvalue weighted by molar-refractivity contribution is 0.0522. The van der Waals surface area contributed by atoms with Gasteiger partial charge in [-0.05, 0) is 45.0 Å². The first-order valence-electron chi connectivity index (χ1n) is 9.08. The summed E-state index contributed by atoms with van der Waals surface area (Å²) in [6.45, 7) is 6.24. The van der Waals surface area contributed by atoms with Gasteiger partial charge in [0.15, 0.2) is 5.69 Å². The number of benzene rings is 2. The lowest BCUT2D eigenvalue weighted by Gasteiger charge is -2.04. The lowest BCUT2D eigenvalue weighted by Crippen LogP contribution is -2.08. The van der Waals surface area contributed by atoms with Gasteiger partial charge in [-0.1, -0.05) is 23.3 Å². The van der Waals surface area contributed by atoms with E-state index in [1.807, 2.05) is 6.07 Å². The Bertz CT molecular complexity index is 1370. The summed E-state index contributed by atoms with van der Waals surface area (Å²) >= 11 is 0. The van der Waals surface area contributed by atoms with Crippen LogP contribution < -0.4 is 0 Å². The summed E-state index contributed by atoms with van der Waals surface area (Å²) in [6.07, 6.45) is 0. The van der Waals surface area contributed by atoms with Crippen LogP contribution >= 0.6 is 0 Å². The van der Waals surface area contributed by atoms with Crippen LogP contribution in [-0.4, -0.2) is 27.5 Å². The summed E-state index contributed by atoms with van der Waals surface area (Å²) < 4.78 is 5.29. The average molecular weight is 357 g/mol. The minimum atomic E-state index is -0.408. The van der Waals surface area contributed by atoms with E-state index in [2.05, 4.69) is 54.1 Å². The van der Waals surface area contributed by atoms with Crippen molar-refractivity contribution >= 4 is 49.7 Å². The second-order valence-electron chi connectivity index (χ2n) is 7.00. The summed E-state index contributed by atoms with van der Waals surface area (Å²) in [5.41, 5.74) is 7.08. The van der Waals surface area contributed by atoms with Crippen LogP contribution in [0.3, 0.4) is 0 Å². The Balaban J connectivity index is 2.03. The maximum Gasteiger partial charge on any atom is 0.359 e. The summed E-state index contributed by atoms with van der Waals surface area (Å²) in [6, 6.07) is 12.5. The number of H-pyrrole nitrogens is 2. The van der Waals surface area contributed by atoms with Crippen LogP contribution in [0.5, 0.6) is 0 Å². The number of aryl methyl sites for hydroxylation is 2. The number of carbonyl (C=O) groups excluding carboxylic acids is 1. The first-order chi connectivity index (χ1) is 13.1. The number of nitrogens with zero attached hydrogens (tertiary/aromatic N) is 1. The van der Waals surface area contributed by atoms with Gasteiger partial charge in [-0.15, -0.1) is 0 Å². The molecule has 2 aromatic carbocycles. The zero-order valence-electron chi connectivity index (χ0n) is 15.4. The molecule has 134 valence electrons. The molecule has 3 heterocycles. The molecule has 0 fully saturated rings. The van der Waals surface area contributed by atoms with Crippen molar-refractivity contribution < 1.29 is 9.53 Å². The topological polar surface area (TPSA) is 70.8 Å². The van der Waals surface area contributed by atoms with Crippen molar-refractivity contribution in [3.8, 4) is 0 Å². The maximum absolute atomic E-state index is 12.7. The van der Waals surface area contributed by atoms with Gasteiger partial charge in [-0.2, -0.15) is 0 Å². The molecule has 0 atom stereocenters. The lowest BCUT2D eigenvalue weighted by atomic mass is 10.1. The van der Waals surface area contributed by atoms with Crippen LogP contribution in [0.4, 0.5) is 0 Å². The Morgan fingerprint density at radius 2 is 1.59 bits per heavy atom. The number of pyridine rings is 1. The van der Waals surface area contributed by atoms with Gasteiger partial charge < -0.3 is 14.7 Å². The van der Waals surface area contributed by atoms with E-state index in [-0.39, 0.29) is 0 Å². The van der Waals surface area contributed by atoms with Gasteiger partial charge in [0.25, 0.3) is 0 Å². The second kappa shape index (κ2) is 5.58. The molecule has 0 saturated heterocycles. The minimum Gasteiger partial charge on any atom is -0.461 e. The summed E-state index contributed by atoms with van der Waals surface area (Å²) in [7, 11) is 0. The smallest absolute Gasteiger partial charge is 0.359 e. The molecular formula is C22H19N3O2. The third-order valence-electron chi connectivity index (χ3n) is 5.06. The van der Waals surface area contributed by atoms with Crippen molar-refractivity contribution in [3.05, 3.63) is 53.2 Å². The Kier molecular flexibility index (Phi) is 3.28. The van der Waals surface area contributed by atoms with Crippen LogP contribution in [0.1, 0.15) is 28.5 Å². The van der Waals surface area contributed by atoms with Gasteiger partial charge in [0, 0.05) is 27.2 Å². The van der Waals surface area contributed by atoms with Gasteiger partial charge >= 0.3 is 5.97 Å². The van der Waals surface area contributed by atoms with Crippen molar-refractivity contribution in [2.24, 2.45) is 0 Å². The van der Waals surface area contributed by atoms with E-state index in [1.54, 1.807) is 6.92 Å². The molecule has 5 rings (SSSR count). The highest BCUT2D eigenvalue weighted by Gasteiger charge is 2.22. The molecule has 0 aliphatic rings. The largest absolute Gasteiger partial charge is 0.461 e. The number of aromatic nitrogens is 3. The van der Waals surface area contributed by atoms with Crippen LogP contribution in [0.2, 0.25) is 0 Å². The number of hydrogen-bond acceptors (Lipinski definition) is 3. The predicted molar refractivity (Wildman–Crippen MR) is 108 cm³/mol. The summed E-state index contributed by atoms with van der Waals surface area (Å²) in [5.74, 6) is -0.408. The molecule has 5 nitrogen and oxygen atoms in total. The van der Waals surface area contributed by atoms with Crippen molar-refractivity contribution in [1.29, 1.82) is 0 Å². The van der Waals surface area contributed by atoms with Gasteiger partial charge in [-0.25, -0.2) is 9.78 Å². The molecule has 0 radical (unpaired) electrons. The SMILES string of the molecule is CCOC(=O)c1nc2c3cc(C)ccc3[nH]c2c2c1[nH]c1ccc(C)cc12. The van der Waals surface area contributed by atoms with Crippen LogP contribution in [-0.2, 0) is 4.74 Å². The fraction of sp³-hybridized carbons (Fsp3) is 0.182. The van der Waals surface area contributed by atoms with E-state index in [4.69, 9.17) is 9.72 Å². The highest BCUT2D eigenvalue weighted by atomic mass is 16.5. The molecule has 0 unspecified atom stereocenters. The Morgan fingerprint density at radius 1 is 0.963 bits per heavy atom. The van der Waals surface area contributed by atoms with Crippen molar-refractivity contribution in [3.63, 3.8) is 0 Å². The van der Waals surface area contributed by atoms with Gasteiger partial charge in [0.05, 0.1) is 23.2 Å². The fourth-order valence-corrected chi connectivity index (χ4v) is 3.85. The number of esters is 1. The molecule has 0 bridgehead atoms. The van der Waals surface area contributed by atoms with E-state index in [9.17, 15) is 4.79 Å². The van der Waals surface area contributed by atoms with Crippen LogP contribution in [0.25, 0.3) is 43.7 Å². The molecule has 0 aliphatic heterocycles. The zero-order chi connectivity index (χ0) is 18.7. The summed E-state index contributed by atoms with van der Waals surface area (Å²) in [5, 5.41) is 3.07. The van der Waals surface area contributed by atoms with Crippen molar-refractivity contribution in [2.75, 3.05) is 6.61 Å². The van der Waals surface area contributed by atoms with Gasteiger partial charge in [0.1, 0.15) is 0 Å². The highest BCUT2D eigenvalue weighted by Crippen LogP contribution is 2.36. The molecule has 5 aromatic rings. The highest BCUT2D eigenvalue weighted by molar-refractivity contribution is 6.26. The number of carbonyl (C=O) groups is 1. The molecule has 3 aromatic heterocycles. The molecule has 0 aliphatic carbocycles. The number of rotatable bonds is 2. The van der Waals surface area contributed by atoms with E-state index >= 15 is 0 Å². The number of ether oxygens (including phenoxy) is 1. The molecule has 0 saturated carbocycles. The number of hydrogen-bond donors (Lipinski definition) is 2. The van der Waals surface area contributed by atoms with Gasteiger partial charge in [-0.3, -0.25) is 0 Å². The molecule has 27 heavy (non-hydrogen) atoms. The van der Waals surface area contributed by atoms with E-state index in [0.717, 1.165) is 49.4 Å². The Hall–Kier alpha value is -3.34. The van der Waals surface area contributed by atoms with E-state index in [0.29, 0.717) is 17.8 Å². The standard InChI is InChI=1S/C22H19N3O2/c1-4-27-22(26)21-20-17(13-9-11(2)5-7-15(13)23-20)19-18(25-21)14-10-12(3)6-8-16(14)24-19/h5-10,23-24H,4H2,1-3H3. The number of nitrogens with one attached hydrogen (secondary N) is 2. The average Bonchev–Trinajstić information content (AvgIpc) is 3.18.